The van der Waals surface area contributed by atoms with E-state index in [1.165, 1.54) is 57.3 Å². The quantitative estimate of drug-likeness (QED) is 0.174. The fraction of sp³-hybridized carbons (Fsp3) is 0.353. The summed E-state index contributed by atoms with van der Waals surface area (Å²) in [5.74, 6) is 1.32. The molecular formula is C34H39FN2O3. The lowest BCUT2D eigenvalue weighted by atomic mass is 9.90. The highest BCUT2D eigenvalue weighted by atomic mass is 19.1. The molecular weight excluding hydrogens is 503 g/mol. The Balaban J connectivity index is 0.000000343. The summed E-state index contributed by atoms with van der Waals surface area (Å²) in [6, 6.07) is 21.5. The Labute approximate surface area is 237 Å². The number of benzene rings is 3. The summed E-state index contributed by atoms with van der Waals surface area (Å²) in [5, 5.41) is 0. The summed E-state index contributed by atoms with van der Waals surface area (Å²) < 4.78 is 18.7. The van der Waals surface area contributed by atoms with Crippen LogP contribution in [-0.4, -0.2) is 40.5 Å². The molecule has 40 heavy (non-hydrogen) atoms. The first-order valence-corrected chi connectivity index (χ1v) is 13.9. The van der Waals surface area contributed by atoms with Gasteiger partial charge in [-0.2, -0.15) is 0 Å². The van der Waals surface area contributed by atoms with Crippen LogP contribution in [0.1, 0.15) is 36.8 Å². The number of hydrogen-bond acceptors (Lipinski definition) is 5. The number of aldehydes is 1. The van der Waals surface area contributed by atoms with E-state index in [4.69, 9.17) is 0 Å². The van der Waals surface area contributed by atoms with E-state index in [9.17, 15) is 14.0 Å². The summed E-state index contributed by atoms with van der Waals surface area (Å²) in [5.41, 5.74) is 5.93. The number of anilines is 2. The van der Waals surface area contributed by atoms with Crippen LogP contribution in [0.4, 0.5) is 15.8 Å². The average molecular weight is 543 g/mol. The van der Waals surface area contributed by atoms with E-state index in [1.54, 1.807) is 6.08 Å². The minimum Gasteiger partial charge on any atom is -0.466 e. The summed E-state index contributed by atoms with van der Waals surface area (Å²) in [4.78, 5) is 25.7. The minimum atomic E-state index is -0.476. The van der Waals surface area contributed by atoms with Gasteiger partial charge in [0.2, 0.25) is 0 Å². The summed E-state index contributed by atoms with van der Waals surface area (Å²) >= 11 is 0. The summed E-state index contributed by atoms with van der Waals surface area (Å²) in [6.45, 7) is 0.628. The Bertz CT molecular complexity index is 1320. The van der Waals surface area contributed by atoms with Crippen LogP contribution >= 0.6 is 0 Å². The molecule has 0 radical (unpaired) electrons. The van der Waals surface area contributed by atoms with Crippen molar-refractivity contribution in [1.29, 1.82) is 0 Å². The molecule has 3 aromatic rings. The number of carbonyl (C=O) groups excluding carboxylic acids is 2. The van der Waals surface area contributed by atoms with Gasteiger partial charge >= 0.3 is 5.97 Å². The number of ether oxygens (including phenoxy) is 1. The molecule has 6 heteroatoms. The van der Waals surface area contributed by atoms with E-state index in [0.717, 1.165) is 39.9 Å². The first kappa shape index (κ1) is 29.1. The van der Waals surface area contributed by atoms with Gasteiger partial charge in [0.25, 0.3) is 0 Å². The second-order valence-corrected chi connectivity index (χ2v) is 11.1. The number of hydrogen-bond donors (Lipinski definition) is 0. The third-order valence-electron chi connectivity index (χ3n) is 8.02. The molecule has 2 aliphatic carbocycles. The molecule has 3 unspecified atom stereocenters. The van der Waals surface area contributed by atoms with Crippen LogP contribution in [0.5, 0.6) is 0 Å². The molecule has 0 heterocycles. The van der Waals surface area contributed by atoms with E-state index in [0.29, 0.717) is 18.0 Å². The molecule has 2 saturated carbocycles. The van der Waals surface area contributed by atoms with Gasteiger partial charge in [-0.3, -0.25) is 0 Å². The lowest BCUT2D eigenvalue weighted by Gasteiger charge is -2.20. The van der Waals surface area contributed by atoms with E-state index in [-0.39, 0.29) is 5.82 Å². The van der Waals surface area contributed by atoms with Crippen molar-refractivity contribution >= 4 is 29.7 Å². The van der Waals surface area contributed by atoms with E-state index in [1.807, 2.05) is 32.1 Å². The standard InChI is InChI=1S/C26H27FN2O2.C8H12O/c1-28(2)24-12-10-22(11-13-24)21-8-5-19(6-9-21)18-29(3)25-16-20(15-23(27)17-25)7-14-26(30)31-4;9-5-8-4-6-1-2-7(8)3-6/h5-17H,18H2,1-4H3;5-8H,1-4H2/b14-7+;. The predicted molar refractivity (Wildman–Crippen MR) is 161 cm³/mol. The zero-order valence-corrected chi connectivity index (χ0v) is 23.8. The summed E-state index contributed by atoms with van der Waals surface area (Å²) in [6.07, 6.45) is 9.27. The third kappa shape index (κ3) is 7.59. The van der Waals surface area contributed by atoms with Crippen molar-refractivity contribution in [2.24, 2.45) is 17.8 Å². The Morgan fingerprint density at radius 1 is 0.925 bits per heavy atom. The fourth-order valence-electron chi connectivity index (χ4n) is 5.73. The molecule has 5 rings (SSSR count). The summed E-state index contributed by atoms with van der Waals surface area (Å²) in [7, 11) is 7.27. The van der Waals surface area contributed by atoms with Gasteiger partial charge in [-0.25, -0.2) is 9.18 Å². The maximum Gasteiger partial charge on any atom is 0.330 e. The smallest absolute Gasteiger partial charge is 0.330 e. The Kier molecular flexibility index (Phi) is 9.75. The number of halogens is 1. The molecule has 2 bridgehead atoms. The number of rotatable bonds is 8. The van der Waals surface area contributed by atoms with Gasteiger partial charge in [-0.15, -0.1) is 0 Å². The molecule has 0 aromatic heterocycles. The first-order chi connectivity index (χ1) is 19.2. The SMILES string of the molecule is COC(=O)/C=C/c1cc(F)cc(N(C)Cc2ccc(-c3ccc(N(C)C)cc3)cc2)c1.O=CC1CC2CCC1C2. The van der Waals surface area contributed by atoms with Crippen LogP contribution < -0.4 is 9.80 Å². The lowest BCUT2D eigenvalue weighted by Crippen LogP contribution is -2.16. The van der Waals surface area contributed by atoms with Crippen LogP contribution in [0.15, 0.2) is 72.8 Å². The number of esters is 1. The van der Waals surface area contributed by atoms with Gasteiger partial charge in [-0.1, -0.05) is 42.8 Å². The van der Waals surface area contributed by atoms with Crippen molar-refractivity contribution in [1.82, 2.24) is 0 Å². The second-order valence-electron chi connectivity index (χ2n) is 11.1. The Morgan fingerprint density at radius 2 is 1.60 bits per heavy atom. The van der Waals surface area contributed by atoms with Crippen LogP contribution in [-0.2, 0) is 20.9 Å². The lowest BCUT2D eigenvalue weighted by molar-refractivity contribution is -0.134. The molecule has 2 aliphatic rings. The fourth-order valence-corrected chi connectivity index (χ4v) is 5.73. The maximum absolute atomic E-state index is 14.1. The topological polar surface area (TPSA) is 49.9 Å². The van der Waals surface area contributed by atoms with Crippen LogP contribution in [0.2, 0.25) is 0 Å². The van der Waals surface area contributed by atoms with Gasteiger partial charge in [0, 0.05) is 51.1 Å². The second kappa shape index (κ2) is 13.4. The molecule has 0 amide bonds. The molecule has 0 aliphatic heterocycles. The number of methoxy groups -OCH3 is 1. The van der Waals surface area contributed by atoms with Crippen LogP contribution in [0.3, 0.4) is 0 Å². The largest absolute Gasteiger partial charge is 0.466 e. The van der Waals surface area contributed by atoms with Gasteiger partial charge < -0.3 is 19.3 Å². The first-order valence-electron chi connectivity index (χ1n) is 13.9. The predicted octanol–water partition coefficient (Wildman–Crippen LogP) is 7.00. The van der Waals surface area contributed by atoms with Crippen molar-refractivity contribution in [2.45, 2.75) is 32.2 Å². The number of fused-ring (bicyclic) bond motifs is 2. The molecule has 0 spiro atoms. The van der Waals surface area contributed by atoms with Crippen LogP contribution in [0.25, 0.3) is 17.2 Å². The highest BCUT2D eigenvalue weighted by molar-refractivity contribution is 5.87. The van der Waals surface area contributed by atoms with Gasteiger partial charge in [0.15, 0.2) is 0 Å². The van der Waals surface area contributed by atoms with E-state index < -0.39 is 5.97 Å². The maximum atomic E-state index is 14.1. The van der Waals surface area contributed by atoms with Crippen molar-refractivity contribution < 1.29 is 18.7 Å². The molecule has 3 atom stereocenters. The molecule has 2 fully saturated rings. The van der Waals surface area contributed by atoms with Gasteiger partial charge in [-0.05, 0) is 89.8 Å². The van der Waals surface area contributed by atoms with E-state index >= 15 is 0 Å². The minimum absolute atomic E-state index is 0.356. The van der Waals surface area contributed by atoms with Crippen molar-refractivity contribution in [3.63, 3.8) is 0 Å². The molecule has 0 saturated heterocycles. The molecule has 210 valence electrons. The third-order valence-corrected chi connectivity index (χ3v) is 8.02. The normalized spacial score (nSPS) is 19.2. The van der Waals surface area contributed by atoms with Crippen molar-refractivity contribution in [2.75, 3.05) is 38.1 Å². The van der Waals surface area contributed by atoms with Crippen LogP contribution in [0, 0.1) is 23.6 Å². The number of nitrogens with zero attached hydrogens (tertiary/aromatic N) is 2. The number of carbonyl (C=O) groups is 2. The van der Waals surface area contributed by atoms with Gasteiger partial charge in [0.1, 0.15) is 12.1 Å². The zero-order chi connectivity index (χ0) is 28.6. The highest BCUT2D eigenvalue weighted by Gasteiger charge is 2.38. The molecule has 0 N–H and O–H groups in total. The van der Waals surface area contributed by atoms with E-state index in [2.05, 4.69) is 58.2 Å². The van der Waals surface area contributed by atoms with Gasteiger partial charge in [0.05, 0.1) is 7.11 Å². The molecule has 3 aromatic carbocycles. The average Bonchev–Trinajstić information content (AvgIpc) is 3.60. The Hall–Kier alpha value is -3.93. The molecule has 5 nitrogen and oxygen atoms in total. The van der Waals surface area contributed by atoms with Crippen molar-refractivity contribution in [3.8, 4) is 11.1 Å². The van der Waals surface area contributed by atoms with Crippen molar-refractivity contribution in [3.05, 3.63) is 89.8 Å². The zero-order valence-electron chi connectivity index (χ0n) is 23.8. The highest BCUT2D eigenvalue weighted by Crippen LogP contribution is 2.47. The monoisotopic (exact) mass is 542 g/mol. The Morgan fingerprint density at radius 3 is 2.12 bits per heavy atom.